The molecule has 0 radical (unpaired) electrons. The topological polar surface area (TPSA) is 88.8 Å². The lowest BCUT2D eigenvalue weighted by atomic mass is 9.91. The summed E-state index contributed by atoms with van der Waals surface area (Å²) in [5.41, 5.74) is 4.39. The molecule has 0 spiro atoms. The van der Waals surface area contributed by atoms with Gasteiger partial charge in [-0.15, -0.1) is 0 Å². The Morgan fingerprint density at radius 3 is 2.76 bits per heavy atom. The molecule has 0 bridgehead atoms. The highest BCUT2D eigenvalue weighted by Crippen LogP contribution is 2.45. The maximum absolute atomic E-state index is 11.4. The second kappa shape index (κ2) is 6.28. The van der Waals surface area contributed by atoms with Crippen LogP contribution in [0.4, 0.5) is 0 Å². The highest BCUT2D eigenvalue weighted by atomic mass is 32.2. The van der Waals surface area contributed by atoms with Crippen molar-refractivity contribution in [2.24, 2.45) is 11.1 Å². The summed E-state index contributed by atoms with van der Waals surface area (Å²) in [6, 6.07) is 10.5. The van der Waals surface area contributed by atoms with Crippen LogP contribution in [0.3, 0.4) is 0 Å². The molecule has 1 aliphatic rings. The van der Waals surface area contributed by atoms with Crippen LogP contribution in [0, 0.1) is 5.92 Å². The van der Waals surface area contributed by atoms with E-state index in [1.54, 1.807) is 0 Å². The molecule has 2 aromatic heterocycles. The predicted octanol–water partition coefficient (Wildman–Crippen LogP) is 3.40. The van der Waals surface area contributed by atoms with E-state index in [2.05, 4.69) is 40.3 Å². The van der Waals surface area contributed by atoms with Gasteiger partial charge in [-0.25, -0.2) is 13.6 Å². The minimum atomic E-state index is -3.44. The molecule has 1 atom stereocenters. The highest BCUT2D eigenvalue weighted by molar-refractivity contribution is 7.89. The van der Waals surface area contributed by atoms with Gasteiger partial charge in [0.25, 0.3) is 0 Å². The van der Waals surface area contributed by atoms with Crippen molar-refractivity contribution in [2.45, 2.75) is 25.2 Å². The second-order valence-electron chi connectivity index (χ2n) is 6.89. The first-order valence-corrected chi connectivity index (χ1v) is 10.2. The van der Waals surface area contributed by atoms with Crippen molar-refractivity contribution in [1.82, 2.24) is 9.97 Å². The Bertz CT molecular complexity index is 1010. The van der Waals surface area contributed by atoms with E-state index in [4.69, 9.17) is 5.14 Å². The van der Waals surface area contributed by atoms with Crippen LogP contribution in [0.2, 0.25) is 0 Å². The van der Waals surface area contributed by atoms with Crippen molar-refractivity contribution < 1.29 is 8.42 Å². The maximum Gasteiger partial charge on any atom is 0.209 e. The van der Waals surface area contributed by atoms with Gasteiger partial charge in [0, 0.05) is 29.7 Å². The van der Waals surface area contributed by atoms with Crippen LogP contribution in [0.5, 0.6) is 0 Å². The fourth-order valence-electron chi connectivity index (χ4n) is 3.52. The number of nitrogens with one attached hydrogen (secondary N) is 1. The molecule has 0 amide bonds. The molecule has 1 fully saturated rings. The number of nitrogens with zero attached hydrogens (tertiary/aromatic N) is 1. The van der Waals surface area contributed by atoms with Gasteiger partial charge in [0.05, 0.1) is 5.75 Å². The van der Waals surface area contributed by atoms with Gasteiger partial charge in [-0.2, -0.15) is 0 Å². The number of benzene rings is 1. The fraction of sp³-hybridized carbons (Fsp3) is 0.316. The molecule has 1 aliphatic carbocycles. The lowest BCUT2D eigenvalue weighted by Crippen LogP contribution is -2.19. The van der Waals surface area contributed by atoms with Crippen molar-refractivity contribution in [3.05, 3.63) is 54.5 Å². The monoisotopic (exact) mass is 355 g/mol. The number of aromatic amines is 1. The van der Waals surface area contributed by atoms with Crippen LogP contribution >= 0.6 is 0 Å². The van der Waals surface area contributed by atoms with E-state index >= 15 is 0 Å². The van der Waals surface area contributed by atoms with Crippen LogP contribution in [0.15, 0.2) is 48.9 Å². The minimum Gasteiger partial charge on any atom is -0.361 e. The average Bonchev–Trinajstić information content (AvgIpc) is 3.30. The van der Waals surface area contributed by atoms with Gasteiger partial charge in [-0.1, -0.05) is 6.07 Å². The first-order valence-electron chi connectivity index (χ1n) is 8.52. The Hall–Kier alpha value is -2.18. The molecule has 4 rings (SSSR count). The zero-order valence-electron chi connectivity index (χ0n) is 13.9. The largest absolute Gasteiger partial charge is 0.361 e. The predicted molar refractivity (Wildman–Crippen MR) is 99.6 cm³/mol. The van der Waals surface area contributed by atoms with Gasteiger partial charge in [0.15, 0.2) is 0 Å². The minimum absolute atomic E-state index is 0.0215. The van der Waals surface area contributed by atoms with Crippen molar-refractivity contribution in [3.63, 3.8) is 0 Å². The number of rotatable bonds is 6. The summed E-state index contributed by atoms with van der Waals surface area (Å²) in [5, 5.41) is 6.36. The number of H-pyrrole nitrogens is 1. The van der Waals surface area contributed by atoms with E-state index in [1.165, 1.54) is 0 Å². The molecule has 3 N–H and O–H groups in total. The van der Waals surface area contributed by atoms with Crippen molar-refractivity contribution in [3.8, 4) is 11.1 Å². The smallest absolute Gasteiger partial charge is 0.209 e. The number of hydrogen-bond acceptors (Lipinski definition) is 3. The van der Waals surface area contributed by atoms with E-state index in [9.17, 15) is 8.42 Å². The number of sulfonamides is 1. The highest BCUT2D eigenvalue weighted by Gasteiger charge is 2.33. The van der Waals surface area contributed by atoms with Crippen LogP contribution in [0.1, 0.15) is 30.7 Å². The molecular formula is C19H21N3O2S. The lowest BCUT2D eigenvalue weighted by Gasteiger charge is -2.17. The average molecular weight is 355 g/mol. The molecule has 1 unspecified atom stereocenters. The summed E-state index contributed by atoms with van der Waals surface area (Å²) in [6.07, 6.45) is 8.51. The fourth-order valence-corrected chi connectivity index (χ4v) is 4.10. The van der Waals surface area contributed by atoms with Crippen molar-refractivity contribution in [2.75, 3.05) is 5.75 Å². The molecule has 1 saturated carbocycles. The number of primary sulfonamides is 1. The third-order valence-corrected chi connectivity index (χ3v) is 5.78. The normalized spacial score (nSPS) is 16.2. The molecule has 0 aliphatic heterocycles. The Morgan fingerprint density at radius 2 is 2.00 bits per heavy atom. The summed E-state index contributed by atoms with van der Waals surface area (Å²) in [7, 11) is -3.44. The molecule has 130 valence electrons. The molecule has 6 heteroatoms. The summed E-state index contributed by atoms with van der Waals surface area (Å²) >= 11 is 0. The summed E-state index contributed by atoms with van der Waals surface area (Å²) in [5.74, 6) is 0.779. The number of nitrogens with two attached hydrogens (primary N) is 1. The number of hydrogen-bond donors (Lipinski definition) is 2. The summed E-state index contributed by atoms with van der Waals surface area (Å²) in [4.78, 5) is 7.61. The van der Waals surface area contributed by atoms with Gasteiger partial charge in [0.2, 0.25) is 10.0 Å². The number of fused-ring (bicyclic) bond motifs is 1. The van der Waals surface area contributed by atoms with Crippen LogP contribution < -0.4 is 5.14 Å². The van der Waals surface area contributed by atoms with Gasteiger partial charge in [-0.3, -0.25) is 4.98 Å². The zero-order valence-corrected chi connectivity index (χ0v) is 14.7. The van der Waals surface area contributed by atoms with E-state index in [0.717, 1.165) is 40.4 Å². The Balaban J connectivity index is 1.65. The SMILES string of the molecule is NS(=O)(=O)CCC(c1cncc(-c2ccc3[nH]ccc3c2)c1)C1CC1. The Labute approximate surface area is 147 Å². The Morgan fingerprint density at radius 1 is 1.16 bits per heavy atom. The third-order valence-electron chi connectivity index (χ3n) is 4.98. The number of pyridine rings is 1. The molecule has 3 aromatic rings. The van der Waals surface area contributed by atoms with Crippen molar-refractivity contribution in [1.29, 1.82) is 0 Å². The molecule has 25 heavy (non-hydrogen) atoms. The Kier molecular flexibility index (Phi) is 4.09. The first-order chi connectivity index (χ1) is 12.0. The van der Waals surface area contributed by atoms with Crippen LogP contribution in [-0.4, -0.2) is 24.1 Å². The number of aromatic nitrogens is 2. The van der Waals surface area contributed by atoms with Crippen LogP contribution in [0.25, 0.3) is 22.0 Å². The molecule has 2 heterocycles. The van der Waals surface area contributed by atoms with Gasteiger partial charge in [-0.05, 0) is 71.9 Å². The van der Waals surface area contributed by atoms with E-state index in [1.807, 2.05) is 18.6 Å². The standard InChI is InChI=1S/C19H21N3O2S/c20-25(23,24)8-6-18(13-1-2-13)17-10-16(11-21-12-17)14-3-4-19-15(9-14)5-7-22-19/h3-5,7,9-13,18,22H,1-2,6,8H2,(H2,20,23,24). The zero-order chi connectivity index (χ0) is 17.4. The van der Waals surface area contributed by atoms with Crippen molar-refractivity contribution >= 4 is 20.9 Å². The van der Waals surface area contributed by atoms with Gasteiger partial charge < -0.3 is 4.98 Å². The molecule has 0 saturated heterocycles. The molecule has 5 nitrogen and oxygen atoms in total. The summed E-state index contributed by atoms with van der Waals surface area (Å²) < 4.78 is 22.7. The van der Waals surface area contributed by atoms with E-state index < -0.39 is 10.0 Å². The van der Waals surface area contributed by atoms with Gasteiger partial charge in [0.1, 0.15) is 0 Å². The maximum atomic E-state index is 11.4. The van der Waals surface area contributed by atoms with E-state index in [0.29, 0.717) is 12.3 Å². The molecule has 1 aromatic carbocycles. The third kappa shape index (κ3) is 3.75. The van der Waals surface area contributed by atoms with Gasteiger partial charge >= 0.3 is 0 Å². The summed E-state index contributed by atoms with van der Waals surface area (Å²) in [6.45, 7) is 0. The first kappa shape index (κ1) is 16.3. The molecular weight excluding hydrogens is 334 g/mol. The second-order valence-corrected chi connectivity index (χ2v) is 8.62. The van der Waals surface area contributed by atoms with Crippen LogP contribution in [-0.2, 0) is 10.0 Å². The van der Waals surface area contributed by atoms with E-state index in [-0.39, 0.29) is 11.7 Å². The lowest BCUT2D eigenvalue weighted by molar-refractivity contribution is 0.562. The quantitative estimate of drug-likeness (QED) is 0.710.